The van der Waals surface area contributed by atoms with Crippen molar-refractivity contribution in [2.75, 3.05) is 0 Å². The van der Waals surface area contributed by atoms with Gasteiger partial charge in [0, 0.05) is 0 Å². The predicted octanol–water partition coefficient (Wildman–Crippen LogP) is 3.84. The Balaban J connectivity index is 1.54. The number of aliphatic hydroxyl groups excluding tert-OH is 1. The van der Waals surface area contributed by atoms with Gasteiger partial charge in [0.2, 0.25) is 11.5 Å². The minimum Gasteiger partial charge on any atom is -0.506 e. The van der Waals surface area contributed by atoms with Crippen LogP contribution < -0.4 is 9.07 Å². The first-order valence-electron chi connectivity index (χ1n) is 8.48. The van der Waals surface area contributed by atoms with Crippen LogP contribution in [0, 0.1) is 0 Å². The van der Waals surface area contributed by atoms with Gasteiger partial charge >= 0.3 is 10.1 Å². The Labute approximate surface area is 166 Å². The van der Waals surface area contributed by atoms with Crippen molar-refractivity contribution in [1.82, 2.24) is 0 Å². The molecule has 2 heterocycles. The van der Waals surface area contributed by atoms with Crippen molar-refractivity contribution in [2.45, 2.75) is 0 Å². The van der Waals surface area contributed by atoms with E-state index < -0.39 is 15.9 Å². The second-order valence-corrected chi connectivity index (χ2v) is 7.53. The zero-order chi connectivity index (χ0) is 20.4. The Morgan fingerprint density at radius 2 is 1.52 bits per heavy atom. The maximum atomic E-state index is 12.3. The molecule has 0 amide bonds. The Morgan fingerprint density at radius 3 is 2.31 bits per heavy atom. The number of para-hydroxylation sites is 2. The van der Waals surface area contributed by atoms with Crippen molar-refractivity contribution in [3.05, 3.63) is 101 Å². The number of rotatable bonds is 3. The standard InChI is InChI=1S/C21H14O7S/c22-20-14-8-4-6-10-16(14)26-27-18(20)12-2-1-3-13-19-21(23)15-9-5-7-11-17(15)28-29(19,24)25/h1-13,23H/b2-1?,13-3?,18-12-. The van der Waals surface area contributed by atoms with E-state index in [1.54, 1.807) is 42.5 Å². The normalized spacial score (nSPS) is 18.9. The van der Waals surface area contributed by atoms with Crippen LogP contribution in [0.1, 0.15) is 15.9 Å². The Morgan fingerprint density at radius 1 is 0.828 bits per heavy atom. The summed E-state index contributed by atoms with van der Waals surface area (Å²) in [7, 11) is -4.14. The lowest BCUT2D eigenvalue weighted by molar-refractivity contribution is -0.166. The van der Waals surface area contributed by atoms with E-state index in [0.717, 1.165) is 0 Å². The molecule has 0 bridgehead atoms. The van der Waals surface area contributed by atoms with Gasteiger partial charge < -0.3 is 9.29 Å². The van der Waals surface area contributed by atoms with Crippen LogP contribution in [0.25, 0.3) is 5.76 Å². The SMILES string of the molecule is O=C1/C(=C/C=CC=CC2=C(O)c3ccccc3OS2(=O)=O)OOc2ccccc21. The van der Waals surface area contributed by atoms with Gasteiger partial charge in [-0.25, -0.2) is 0 Å². The minimum atomic E-state index is -4.14. The van der Waals surface area contributed by atoms with E-state index in [4.69, 9.17) is 14.0 Å². The number of benzene rings is 2. The number of aliphatic hydroxyl groups is 1. The first-order valence-corrected chi connectivity index (χ1v) is 9.88. The molecule has 0 aromatic heterocycles. The average Bonchev–Trinajstić information content (AvgIpc) is 2.71. The predicted molar refractivity (Wildman–Crippen MR) is 104 cm³/mol. The van der Waals surface area contributed by atoms with Crippen molar-refractivity contribution < 1.29 is 32.3 Å². The molecule has 0 saturated carbocycles. The highest BCUT2D eigenvalue weighted by molar-refractivity contribution is 7.91. The van der Waals surface area contributed by atoms with Gasteiger partial charge in [-0.2, -0.15) is 8.42 Å². The van der Waals surface area contributed by atoms with Gasteiger partial charge in [0.1, 0.15) is 10.7 Å². The Kier molecular flexibility index (Phi) is 4.69. The number of hydrogen-bond acceptors (Lipinski definition) is 7. The molecule has 0 aliphatic carbocycles. The molecule has 146 valence electrons. The third kappa shape index (κ3) is 3.53. The maximum absolute atomic E-state index is 12.3. The van der Waals surface area contributed by atoms with Crippen molar-refractivity contribution in [3.63, 3.8) is 0 Å². The molecular formula is C21H14O7S. The summed E-state index contributed by atoms with van der Waals surface area (Å²) in [6.07, 6.45) is 6.92. The number of carbonyl (C=O) groups is 1. The molecule has 0 saturated heterocycles. The molecule has 4 rings (SSSR count). The highest BCUT2D eigenvalue weighted by Crippen LogP contribution is 2.35. The third-order valence-electron chi connectivity index (χ3n) is 4.14. The molecule has 0 radical (unpaired) electrons. The molecule has 1 N–H and O–H groups in total. The fourth-order valence-electron chi connectivity index (χ4n) is 2.75. The van der Waals surface area contributed by atoms with E-state index in [1.807, 2.05) is 0 Å². The number of carbonyl (C=O) groups excluding carboxylic acids is 1. The van der Waals surface area contributed by atoms with Gasteiger partial charge in [0.25, 0.3) is 0 Å². The summed E-state index contributed by atoms with van der Waals surface area (Å²) in [5, 5.41) is 10.3. The monoisotopic (exact) mass is 410 g/mol. The highest BCUT2D eigenvalue weighted by Gasteiger charge is 2.30. The van der Waals surface area contributed by atoms with Crippen molar-refractivity contribution in [3.8, 4) is 11.5 Å². The van der Waals surface area contributed by atoms with Crippen LogP contribution in [0.3, 0.4) is 0 Å². The highest BCUT2D eigenvalue weighted by atomic mass is 32.2. The van der Waals surface area contributed by atoms with Crippen LogP contribution in [-0.2, 0) is 15.0 Å². The molecule has 2 aromatic carbocycles. The topological polar surface area (TPSA) is 99.1 Å². The summed E-state index contributed by atoms with van der Waals surface area (Å²) in [4.78, 5) is 22.0. The van der Waals surface area contributed by atoms with E-state index in [9.17, 15) is 18.3 Å². The molecular weight excluding hydrogens is 396 g/mol. The quantitative estimate of drug-likeness (QED) is 0.355. The summed E-state index contributed by atoms with van der Waals surface area (Å²) in [5.41, 5.74) is 0.665. The Bertz CT molecular complexity index is 1220. The Hall–Kier alpha value is -3.78. The fourth-order valence-corrected chi connectivity index (χ4v) is 3.82. The second kappa shape index (κ2) is 7.33. The van der Waals surface area contributed by atoms with Crippen LogP contribution >= 0.6 is 0 Å². The number of hydrogen-bond donors (Lipinski definition) is 1. The van der Waals surface area contributed by atoms with Crippen LogP contribution in [0.5, 0.6) is 11.5 Å². The van der Waals surface area contributed by atoms with Gasteiger partial charge in [0.15, 0.2) is 11.5 Å². The zero-order valence-electron chi connectivity index (χ0n) is 14.8. The van der Waals surface area contributed by atoms with Gasteiger partial charge in [0.05, 0.1) is 11.1 Å². The number of ketones is 1. The zero-order valence-corrected chi connectivity index (χ0v) is 15.6. The molecule has 0 unspecified atom stereocenters. The maximum Gasteiger partial charge on any atom is 0.342 e. The molecule has 29 heavy (non-hydrogen) atoms. The summed E-state index contributed by atoms with van der Waals surface area (Å²) < 4.78 is 29.4. The van der Waals surface area contributed by atoms with Gasteiger partial charge in [-0.3, -0.25) is 14.6 Å². The molecule has 7 nitrogen and oxygen atoms in total. The summed E-state index contributed by atoms with van der Waals surface area (Å²) >= 11 is 0. The van der Waals surface area contributed by atoms with E-state index >= 15 is 0 Å². The molecule has 2 aliphatic rings. The summed E-state index contributed by atoms with van der Waals surface area (Å²) in [5.74, 6) is -0.344. The first-order chi connectivity index (χ1) is 14.0. The molecule has 2 aliphatic heterocycles. The number of fused-ring (bicyclic) bond motifs is 2. The van der Waals surface area contributed by atoms with E-state index in [0.29, 0.717) is 11.3 Å². The van der Waals surface area contributed by atoms with Gasteiger partial charge in [-0.1, -0.05) is 42.5 Å². The van der Waals surface area contributed by atoms with Crippen LogP contribution in [0.4, 0.5) is 0 Å². The second-order valence-electron chi connectivity index (χ2n) is 6.01. The van der Waals surface area contributed by atoms with Crippen LogP contribution in [0.15, 0.2) is 89.6 Å². The largest absolute Gasteiger partial charge is 0.506 e. The first kappa shape index (κ1) is 18.6. The minimum absolute atomic E-state index is 0.0158. The number of allylic oxidation sites excluding steroid dienone is 6. The molecule has 0 atom stereocenters. The van der Waals surface area contributed by atoms with E-state index in [-0.39, 0.29) is 27.8 Å². The lowest BCUT2D eigenvalue weighted by Crippen LogP contribution is -2.17. The molecule has 2 aromatic rings. The summed E-state index contributed by atoms with van der Waals surface area (Å²) in [6, 6.07) is 13.0. The van der Waals surface area contributed by atoms with Gasteiger partial charge in [-0.15, -0.1) is 0 Å². The number of Topliss-reactive ketones (excluding diaryl/α,β-unsaturated/α-hetero) is 1. The molecule has 8 heteroatoms. The summed E-state index contributed by atoms with van der Waals surface area (Å²) in [6.45, 7) is 0. The third-order valence-corrected chi connectivity index (χ3v) is 5.41. The lowest BCUT2D eigenvalue weighted by Gasteiger charge is -2.18. The van der Waals surface area contributed by atoms with Gasteiger partial charge in [-0.05, 0) is 36.4 Å². The molecule has 0 spiro atoms. The van der Waals surface area contributed by atoms with Crippen LogP contribution in [-0.4, -0.2) is 19.3 Å². The van der Waals surface area contributed by atoms with Crippen molar-refractivity contribution in [1.29, 1.82) is 0 Å². The average molecular weight is 410 g/mol. The van der Waals surface area contributed by atoms with Crippen LogP contribution in [0.2, 0.25) is 0 Å². The van der Waals surface area contributed by atoms with E-state index in [2.05, 4.69) is 0 Å². The fraction of sp³-hybridized carbons (Fsp3) is 0. The smallest absolute Gasteiger partial charge is 0.342 e. The van der Waals surface area contributed by atoms with Crippen molar-refractivity contribution in [2.24, 2.45) is 0 Å². The van der Waals surface area contributed by atoms with E-state index in [1.165, 1.54) is 36.4 Å². The lowest BCUT2D eigenvalue weighted by atomic mass is 10.1. The molecule has 0 fully saturated rings. The van der Waals surface area contributed by atoms with Crippen molar-refractivity contribution >= 4 is 21.7 Å².